The number of nitrogens with one attached hydrogen (secondary N) is 2. The first kappa shape index (κ1) is 23.8. The Morgan fingerprint density at radius 2 is 1.41 bits per heavy atom. The monoisotopic (exact) mass is 400 g/mol. The Balaban J connectivity index is 0.000000612. The molecule has 1 atom stereocenters. The summed E-state index contributed by atoms with van der Waals surface area (Å²) in [6, 6.07) is 17.9. The summed E-state index contributed by atoms with van der Waals surface area (Å²) in [5, 5.41) is 21.0. The summed E-state index contributed by atoms with van der Waals surface area (Å²) in [4.78, 5) is 30.4. The second-order valence-electron chi connectivity index (χ2n) is 7.52. The SMILES string of the molecule is CC(NCc1ccccc1)C(=O)Nc1ccc(C(C)(C)C)cc1.O=C(O)C(=O)O. The minimum Gasteiger partial charge on any atom is -0.473 e. The fourth-order valence-electron chi connectivity index (χ4n) is 2.26. The van der Waals surface area contributed by atoms with Crippen LogP contribution in [0.25, 0.3) is 0 Å². The van der Waals surface area contributed by atoms with E-state index in [4.69, 9.17) is 19.8 Å². The van der Waals surface area contributed by atoms with Crippen molar-refractivity contribution >= 4 is 23.5 Å². The van der Waals surface area contributed by atoms with Gasteiger partial charge in [-0.05, 0) is 35.6 Å². The molecule has 7 nitrogen and oxygen atoms in total. The van der Waals surface area contributed by atoms with Crippen LogP contribution in [0.2, 0.25) is 0 Å². The Labute approximate surface area is 170 Å². The van der Waals surface area contributed by atoms with Gasteiger partial charge < -0.3 is 20.8 Å². The smallest absolute Gasteiger partial charge is 0.414 e. The van der Waals surface area contributed by atoms with Crippen LogP contribution >= 0.6 is 0 Å². The van der Waals surface area contributed by atoms with E-state index in [0.717, 1.165) is 5.69 Å². The lowest BCUT2D eigenvalue weighted by molar-refractivity contribution is -0.159. The van der Waals surface area contributed by atoms with Crippen molar-refractivity contribution in [2.75, 3.05) is 5.32 Å². The van der Waals surface area contributed by atoms with Crippen molar-refractivity contribution in [3.63, 3.8) is 0 Å². The van der Waals surface area contributed by atoms with Crippen LogP contribution in [-0.4, -0.2) is 34.1 Å². The molecule has 0 aliphatic carbocycles. The number of carboxylic acid groups (broad SMARTS) is 2. The molecule has 1 amide bonds. The maximum atomic E-state index is 12.2. The topological polar surface area (TPSA) is 116 Å². The Hall–Kier alpha value is -3.19. The molecule has 156 valence electrons. The molecule has 0 heterocycles. The van der Waals surface area contributed by atoms with Gasteiger partial charge in [0.1, 0.15) is 0 Å². The summed E-state index contributed by atoms with van der Waals surface area (Å²) in [6.07, 6.45) is 0. The number of anilines is 1. The Bertz CT molecular complexity index is 799. The normalized spacial score (nSPS) is 11.6. The lowest BCUT2D eigenvalue weighted by atomic mass is 9.87. The molecule has 0 aliphatic heterocycles. The maximum Gasteiger partial charge on any atom is 0.414 e. The van der Waals surface area contributed by atoms with Gasteiger partial charge in [-0.1, -0.05) is 63.2 Å². The van der Waals surface area contributed by atoms with E-state index in [-0.39, 0.29) is 17.4 Å². The third-order valence-corrected chi connectivity index (χ3v) is 4.05. The summed E-state index contributed by atoms with van der Waals surface area (Å²) < 4.78 is 0. The van der Waals surface area contributed by atoms with E-state index in [2.05, 4.69) is 43.5 Å². The summed E-state index contributed by atoms with van der Waals surface area (Å²) in [5.41, 5.74) is 3.37. The quantitative estimate of drug-likeness (QED) is 0.573. The fraction of sp³-hybridized carbons (Fsp3) is 0.318. The van der Waals surface area contributed by atoms with Gasteiger partial charge in [0.25, 0.3) is 0 Å². The van der Waals surface area contributed by atoms with Crippen LogP contribution in [0.4, 0.5) is 5.69 Å². The molecule has 2 aromatic rings. The highest BCUT2D eigenvalue weighted by Crippen LogP contribution is 2.23. The Morgan fingerprint density at radius 3 is 1.86 bits per heavy atom. The van der Waals surface area contributed by atoms with Crippen molar-refractivity contribution in [1.82, 2.24) is 5.32 Å². The molecule has 0 spiro atoms. The number of amides is 1. The van der Waals surface area contributed by atoms with E-state index in [9.17, 15) is 4.79 Å². The summed E-state index contributed by atoms with van der Waals surface area (Å²) in [6.45, 7) is 9.09. The van der Waals surface area contributed by atoms with Crippen LogP contribution < -0.4 is 10.6 Å². The average Bonchev–Trinajstić information content (AvgIpc) is 2.67. The van der Waals surface area contributed by atoms with Gasteiger partial charge in [-0.25, -0.2) is 9.59 Å². The molecule has 29 heavy (non-hydrogen) atoms. The molecule has 7 heteroatoms. The molecule has 0 aliphatic rings. The summed E-state index contributed by atoms with van der Waals surface area (Å²) >= 11 is 0. The zero-order valence-corrected chi connectivity index (χ0v) is 17.1. The van der Waals surface area contributed by atoms with E-state index in [1.54, 1.807) is 0 Å². The first-order valence-electron chi connectivity index (χ1n) is 9.15. The number of carbonyl (C=O) groups is 3. The van der Waals surface area contributed by atoms with Gasteiger partial charge in [-0.15, -0.1) is 0 Å². The zero-order chi connectivity index (χ0) is 22.0. The van der Waals surface area contributed by atoms with Gasteiger partial charge >= 0.3 is 11.9 Å². The Kier molecular flexibility index (Phi) is 9.02. The van der Waals surface area contributed by atoms with E-state index in [1.165, 1.54) is 11.1 Å². The molecule has 2 rings (SSSR count). The van der Waals surface area contributed by atoms with Crippen molar-refractivity contribution in [2.24, 2.45) is 0 Å². The van der Waals surface area contributed by atoms with Gasteiger partial charge in [-0.3, -0.25) is 4.79 Å². The average molecular weight is 400 g/mol. The first-order chi connectivity index (χ1) is 13.5. The molecule has 0 saturated heterocycles. The highest BCUT2D eigenvalue weighted by atomic mass is 16.4. The number of aliphatic carboxylic acids is 2. The minimum atomic E-state index is -1.82. The largest absolute Gasteiger partial charge is 0.473 e. The third-order valence-electron chi connectivity index (χ3n) is 4.05. The van der Waals surface area contributed by atoms with E-state index in [0.29, 0.717) is 6.54 Å². The number of carboxylic acids is 2. The molecule has 0 fully saturated rings. The molecule has 1 unspecified atom stereocenters. The van der Waals surface area contributed by atoms with Crippen molar-refractivity contribution in [1.29, 1.82) is 0 Å². The minimum absolute atomic E-state index is 0.0237. The van der Waals surface area contributed by atoms with Gasteiger partial charge in [0.05, 0.1) is 6.04 Å². The fourth-order valence-corrected chi connectivity index (χ4v) is 2.26. The predicted molar refractivity (Wildman–Crippen MR) is 112 cm³/mol. The lowest BCUT2D eigenvalue weighted by Crippen LogP contribution is -2.37. The van der Waals surface area contributed by atoms with Crippen molar-refractivity contribution in [3.8, 4) is 0 Å². The van der Waals surface area contributed by atoms with Gasteiger partial charge in [0.15, 0.2) is 0 Å². The summed E-state index contributed by atoms with van der Waals surface area (Å²) in [5.74, 6) is -3.67. The van der Waals surface area contributed by atoms with Crippen LogP contribution in [0, 0.1) is 0 Å². The number of carbonyl (C=O) groups excluding carboxylic acids is 1. The molecular formula is C22H28N2O5. The Morgan fingerprint density at radius 1 is 0.897 bits per heavy atom. The standard InChI is InChI=1S/C20H26N2O.C2H2O4/c1-15(21-14-16-8-6-5-7-9-16)19(23)22-18-12-10-17(11-13-18)20(2,3)4;3-1(4)2(5)6/h5-13,15,21H,14H2,1-4H3,(H,22,23);(H,3,4)(H,5,6). The zero-order valence-electron chi connectivity index (χ0n) is 17.1. The van der Waals surface area contributed by atoms with Crippen LogP contribution in [0.3, 0.4) is 0 Å². The molecule has 4 N–H and O–H groups in total. The van der Waals surface area contributed by atoms with Gasteiger partial charge in [-0.2, -0.15) is 0 Å². The van der Waals surface area contributed by atoms with Crippen molar-refractivity contribution < 1.29 is 24.6 Å². The number of hydrogen-bond acceptors (Lipinski definition) is 4. The highest BCUT2D eigenvalue weighted by molar-refractivity contribution is 6.27. The van der Waals surface area contributed by atoms with Gasteiger partial charge in [0.2, 0.25) is 5.91 Å². The van der Waals surface area contributed by atoms with Crippen molar-refractivity contribution in [3.05, 3.63) is 65.7 Å². The molecular weight excluding hydrogens is 372 g/mol. The second-order valence-corrected chi connectivity index (χ2v) is 7.52. The van der Waals surface area contributed by atoms with Crippen molar-refractivity contribution in [2.45, 2.75) is 45.7 Å². The predicted octanol–water partition coefficient (Wildman–Crippen LogP) is 3.26. The molecule has 0 saturated carbocycles. The number of rotatable bonds is 5. The number of benzene rings is 2. The van der Waals surface area contributed by atoms with E-state index < -0.39 is 11.9 Å². The van der Waals surface area contributed by atoms with Crippen LogP contribution in [0.5, 0.6) is 0 Å². The maximum absolute atomic E-state index is 12.2. The molecule has 2 aromatic carbocycles. The summed E-state index contributed by atoms with van der Waals surface area (Å²) in [7, 11) is 0. The van der Waals surface area contributed by atoms with Crippen LogP contribution in [0.1, 0.15) is 38.8 Å². The van der Waals surface area contributed by atoms with E-state index >= 15 is 0 Å². The van der Waals surface area contributed by atoms with Crippen LogP contribution in [-0.2, 0) is 26.3 Å². The first-order valence-corrected chi connectivity index (χ1v) is 9.15. The van der Waals surface area contributed by atoms with Crippen LogP contribution in [0.15, 0.2) is 54.6 Å². The highest BCUT2D eigenvalue weighted by Gasteiger charge is 2.15. The molecule has 0 bridgehead atoms. The van der Waals surface area contributed by atoms with E-state index in [1.807, 2.05) is 49.4 Å². The lowest BCUT2D eigenvalue weighted by Gasteiger charge is -2.19. The van der Waals surface area contributed by atoms with Gasteiger partial charge in [0, 0.05) is 12.2 Å². The third kappa shape index (κ3) is 9.03. The number of hydrogen-bond donors (Lipinski definition) is 4. The molecule has 0 aromatic heterocycles. The molecule has 0 radical (unpaired) electrons. The second kappa shape index (κ2) is 11.0.